The molecule has 3 aliphatic heterocycles. The first-order valence-corrected chi connectivity index (χ1v) is 15.6. The second-order valence-corrected chi connectivity index (χ2v) is 11.2. The lowest BCUT2D eigenvalue weighted by Gasteiger charge is -2.37. The van der Waals surface area contributed by atoms with E-state index < -0.39 is 0 Å². The van der Waals surface area contributed by atoms with Crippen molar-refractivity contribution in [3.8, 4) is 11.8 Å². The molecule has 0 saturated carbocycles. The molecule has 5 nitrogen and oxygen atoms in total. The predicted molar refractivity (Wildman–Crippen MR) is 170 cm³/mol. The van der Waals surface area contributed by atoms with Gasteiger partial charge in [0.1, 0.15) is 0 Å². The third-order valence-electron chi connectivity index (χ3n) is 7.68. The van der Waals surface area contributed by atoms with Gasteiger partial charge in [-0.05, 0) is 96.9 Å². The Labute approximate surface area is 250 Å². The number of carbonyl (C=O) groups is 1. The smallest absolute Gasteiger partial charge is 0.310 e. The highest BCUT2D eigenvalue weighted by Crippen LogP contribution is 2.40. The highest BCUT2D eigenvalue weighted by atomic mass is 35.5. The number of halogens is 1. The number of rotatable bonds is 10. The second kappa shape index (κ2) is 20.9. The van der Waals surface area contributed by atoms with Crippen LogP contribution in [0.1, 0.15) is 79.6 Å². The van der Waals surface area contributed by atoms with E-state index in [9.17, 15) is 4.79 Å². The second-order valence-electron chi connectivity index (χ2n) is 10.8. The number of hydrogen-bond donors (Lipinski definition) is 0. The maximum absolute atomic E-state index is 11.6. The van der Waals surface area contributed by atoms with E-state index in [1.165, 1.54) is 45.2 Å². The standard InChI is InChI=1S/C19H29NO.C13H20ClNO2.C2H6/c1-3-4-5-6-7-8-9-10-11-18-16-19(21-17-18)12-14-20(2)15-13-19;1-4-12(14)10(3)8-15-7-6-11(9-15)13(16)17-5-2;1-2/h5-8,18H,9-17H2,1-2H3;4,11H,1,5-9H2,2-3H3;1-2H3/b6-5-,8-7-;12-10-;. The third-order valence-corrected chi connectivity index (χ3v) is 8.16. The molecule has 3 rings (SSSR count). The summed E-state index contributed by atoms with van der Waals surface area (Å²) in [7, 11) is 2.21. The fraction of sp³-hybridized carbons (Fsp3) is 0.676. The largest absolute Gasteiger partial charge is 0.466 e. The molecule has 3 heterocycles. The molecular formula is C34H55ClN2O3. The Hall–Kier alpha value is -1.84. The van der Waals surface area contributed by atoms with Gasteiger partial charge >= 0.3 is 5.97 Å². The predicted octanol–water partition coefficient (Wildman–Crippen LogP) is 7.39. The number of piperidine rings is 1. The summed E-state index contributed by atoms with van der Waals surface area (Å²) in [6, 6.07) is 0. The van der Waals surface area contributed by atoms with Gasteiger partial charge in [0.25, 0.3) is 0 Å². The molecule has 1 spiro atoms. The van der Waals surface area contributed by atoms with E-state index in [0.29, 0.717) is 11.6 Å². The summed E-state index contributed by atoms with van der Waals surface area (Å²) in [5.74, 6) is 6.49. The van der Waals surface area contributed by atoms with Crippen molar-refractivity contribution in [2.45, 2.75) is 85.2 Å². The molecule has 226 valence electrons. The Bertz CT molecular complexity index is 891. The lowest BCUT2D eigenvalue weighted by molar-refractivity contribution is -0.147. The van der Waals surface area contributed by atoms with Crippen LogP contribution in [-0.4, -0.2) is 74.4 Å². The SMILES string of the molecule is C=C/C(Cl)=C(\C)CN1CCC(C(=O)OCC)C1.CC.CC#C/C=C\C=C/CCCC1COC2(CCN(C)CC2)C1. The van der Waals surface area contributed by atoms with Gasteiger partial charge in [-0.2, -0.15) is 0 Å². The molecule has 3 aliphatic rings. The Kier molecular flexibility index (Phi) is 19.0. The van der Waals surface area contributed by atoms with Crippen molar-refractivity contribution in [1.29, 1.82) is 0 Å². The fourth-order valence-electron chi connectivity index (χ4n) is 5.40. The van der Waals surface area contributed by atoms with Gasteiger partial charge in [-0.3, -0.25) is 9.69 Å². The molecule has 2 unspecified atom stereocenters. The molecule has 40 heavy (non-hydrogen) atoms. The van der Waals surface area contributed by atoms with Gasteiger partial charge in [0.15, 0.2) is 0 Å². The molecule has 0 aromatic heterocycles. The van der Waals surface area contributed by atoms with Crippen LogP contribution in [0.5, 0.6) is 0 Å². The zero-order chi connectivity index (χ0) is 29.8. The topological polar surface area (TPSA) is 42.0 Å². The molecule has 2 atom stereocenters. The summed E-state index contributed by atoms with van der Waals surface area (Å²) in [5, 5.41) is 0.699. The number of likely N-dealkylation sites (tertiary alicyclic amines) is 2. The van der Waals surface area contributed by atoms with Crippen LogP contribution in [0, 0.1) is 23.7 Å². The van der Waals surface area contributed by atoms with E-state index in [1.807, 2.05) is 46.8 Å². The molecule has 0 amide bonds. The van der Waals surface area contributed by atoms with Crippen molar-refractivity contribution in [2.75, 3.05) is 53.0 Å². The van der Waals surface area contributed by atoms with Crippen molar-refractivity contribution in [3.05, 3.63) is 47.6 Å². The number of esters is 1. The van der Waals surface area contributed by atoms with Crippen molar-refractivity contribution >= 4 is 17.6 Å². The van der Waals surface area contributed by atoms with Gasteiger partial charge in [0.05, 0.1) is 24.7 Å². The minimum absolute atomic E-state index is 0.0188. The number of unbranched alkanes of at least 4 members (excludes halogenated alkanes) is 1. The average Bonchev–Trinajstić information content (AvgIpc) is 3.60. The summed E-state index contributed by atoms with van der Waals surface area (Å²) in [6.07, 6.45) is 18.3. The van der Waals surface area contributed by atoms with Crippen LogP contribution in [0.4, 0.5) is 0 Å². The normalized spacial score (nSPS) is 23.1. The molecule has 0 aliphatic carbocycles. The Balaban J connectivity index is 0.000000385. The quantitative estimate of drug-likeness (QED) is 0.118. The van der Waals surface area contributed by atoms with Gasteiger partial charge < -0.3 is 14.4 Å². The molecule has 0 bridgehead atoms. The van der Waals surface area contributed by atoms with Crippen molar-refractivity contribution < 1.29 is 14.3 Å². The van der Waals surface area contributed by atoms with Crippen LogP contribution in [0.25, 0.3) is 0 Å². The first-order chi connectivity index (χ1) is 19.3. The fourth-order valence-corrected chi connectivity index (χ4v) is 5.46. The van der Waals surface area contributed by atoms with Crippen LogP contribution in [0.2, 0.25) is 0 Å². The van der Waals surface area contributed by atoms with Gasteiger partial charge in [0, 0.05) is 31.2 Å². The maximum atomic E-state index is 11.6. The Morgan fingerprint density at radius 3 is 2.60 bits per heavy atom. The van der Waals surface area contributed by atoms with E-state index in [1.54, 1.807) is 6.08 Å². The van der Waals surface area contributed by atoms with Crippen LogP contribution in [0.3, 0.4) is 0 Å². The van der Waals surface area contributed by atoms with Gasteiger partial charge in [-0.15, -0.1) is 5.92 Å². The lowest BCUT2D eigenvalue weighted by atomic mass is 9.84. The number of carbonyl (C=O) groups excluding carboxylic acids is 1. The molecule has 3 saturated heterocycles. The summed E-state index contributed by atoms with van der Waals surface area (Å²) < 4.78 is 11.2. The van der Waals surface area contributed by atoms with E-state index in [-0.39, 0.29) is 17.5 Å². The van der Waals surface area contributed by atoms with Crippen LogP contribution in [0.15, 0.2) is 47.6 Å². The number of hydrogen-bond acceptors (Lipinski definition) is 5. The van der Waals surface area contributed by atoms with Crippen LogP contribution in [-0.2, 0) is 14.3 Å². The molecular weight excluding hydrogens is 520 g/mol. The molecule has 6 heteroatoms. The number of nitrogens with zero attached hydrogens (tertiary/aromatic N) is 2. The van der Waals surface area contributed by atoms with E-state index in [4.69, 9.17) is 21.1 Å². The molecule has 0 aromatic carbocycles. The van der Waals surface area contributed by atoms with E-state index in [2.05, 4.69) is 47.4 Å². The van der Waals surface area contributed by atoms with Crippen LogP contribution < -0.4 is 0 Å². The van der Waals surface area contributed by atoms with Gasteiger partial charge in [-0.1, -0.05) is 62.3 Å². The third kappa shape index (κ3) is 13.7. The highest BCUT2D eigenvalue weighted by molar-refractivity contribution is 6.31. The summed E-state index contributed by atoms with van der Waals surface area (Å²) in [4.78, 5) is 16.2. The molecule has 0 aromatic rings. The molecule has 0 N–H and O–H groups in total. The monoisotopic (exact) mass is 574 g/mol. The summed E-state index contributed by atoms with van der Waals surface area (Å²) in [6.45, 7) is 19.6. The van der Waals surface area contributed by atoms with Gasteiger partial charge in [-0.25, -0.2) is 0 Å². The zero-order valence-electron chi connectivity index (χ0n) is 26.1. The highest BCUT2D eigenvalue weighted by Gasteiger charge is 2.41. The Morgan fingerprint density at radius 1 is 1.23 bits per heavy atom. The lowest BCUT2D eigenvalue weighted by Crippen LogP contribution is -2.42. The first-order valence-electron chi connectivity index (χ1n) is 15.3. The average molecular weight is 575 g/mol. The molecule has 0 radical (unpaired) electrons. The molecule has 3 fully saturated rings. The first kappa shape index (κ1) is 36.2. The zero-order valence-corrected chi connectivity index (χ0v) is 26.9. The minimum atomic E-state index is -0.0774. The maximum Gasteiger partial charge on any atom is 0.310 e. The van der Waals surface area contributed by atoms with Gasteiger partial charge in [0.2, 0.25) is 0 Å². The minimum Gasteiger partial charge on any atom is -0.466 e. The van der Waals surface area contributed by atoms with Crippen molar-refractivity contribution in [3.63, 3.8) is 0 Å². The van der Waals surface area contributed by atoms with Crippen LogP contribution >= 0.6 is 11.6 Å². The number of ether oxygens (including phenoxy) is 2. The van der Waals surface area contributed by atoms with Crippen molar-refractivity contribution in [2.24, 2.45) is 11.8 Å². The summed E-state index contributed by atoms with van der Waals surface area (Å²) >= 11 is 5.99. The Morgan fingerprint density at radius 2 is 1.95 bits per heavy atom. The van der Waals surface area contributed by atoms with E-state index in [0.717, 1.165) is 50.6 Å². The van der Waals surface area contributed by atoms with E-state index >= 15 is 0 Å². The summed E-state index contributed by atoms with van der Waals surface area (Å²) in [5.41, 5.74) is 1.32. The number of allylic oxidation sites excluding steroid dienone is 6. The van der Waals surface area contributed by atoms with Crippen molar-refractivity contribution in [1.82, 2.24) is 9.80 Å².